The lowest BCUT2D eigenvalue weighted by Gasteiger charge is -2.08. The summed E-state index contributed by atoms with van der Waals surface area (Å²) in [5.41, 5.74) is 1.54. The standard InChI is InChI=1S/C20H16F3NO3S2/c1-11-9-15(7-8-16(11)27-10-17(25)26)28-19-12(2)24-18(29-19)13-3-5-14(6-4-13)20(21,22)23/h3-9H,10H2,1-2H3,(H,25,26). The molecule has 0 aliphatic rings. The van der Waals surface area contributed by atoms with Crippen molar-refractivity contribution in [3.05, 3.63) is 59.3 Å². The Morgan fingerprint density at radius 2 is 1.86 bits per heavy atom. The van der Waals surface area contributed by atoms with Gasteiger partial charge in [0.15, 0.2) is 6.61 Å². The van der Waals surface area contributed by atoms with Gasteiger partial charge < -0.3 is 9.84 Å². The number of hydrogen-bond acceptors (Lipinski definition) is 5. The molecule has 3 aromatic rings. The van der Waals surface area contributed by atoms with E-state index < -0.39 is 24.3 Å². The number of benzene rings is 2. The lowest BCUT2D eigenvalue weighted by Crippen LogP contribution is -2.09. The van der Waals surface area contributed by atoms with Gasteiger partial charge in [-0.2, -0.15) is 13.2 Å². The summed E-state index contributed by atoms with van der Waals surface area (Å²) in [6, 6.07) is 10.4. The number of halogens is 3. The number of thiazole rings is 1. The Morgan fingerprint density at radius 1 is 1.17 bits per heavy atom. The Balaban J connectivity index is 1.77. The van der Waals surface area contributed by atoms with Gasteiger partial charge in [-0.1, -0.05) is 23.9 Å². The average Bonchev–Trinajstić information content (AvgIpc) is 3.01. The van der Waals surface area contributed by atoms with Crippen molar-refractivity contribution in [3.8, 4) is 16.3 Å². The van der Waals surface area contributed by atoms with E-state index >= 15 is 0 Å². The molecule has 9 heteroatoms. The summed E-state index contributed by atoms with van der Waals surface area (Å²) < 4.78 is 44.3. The zero-order valence-corrected chi connectivity index (χ0v) is 17.0. The van der Waals surface area contributed by atoms with Crippen LogP contribution in [0.1, 0.15) is 16.8 Å². The molecule has 0 atom stereocenters. The summed E-state index contributed by atoms with van der Waals surface area (Å²) in [6.07, 6.45) is -4.36. The van der Waals surface area contributed by atoms with Gasteiger partial charge in [-0.15, -0.1) is 11.3 Å². The number of rotatable bonds is 6. The van der Waals surface area contributed by atoms with Crippen LogP contribution in [0.25, 0.3) is 10.6 Å². The minimum Gasteiger partial charge on any atom is -0.482 e. The molecule has 4 nitrogen and oxygen atoms in total. The van der Waals surface area contributed by atoms with Crippen LogP contribution in [0.3, 0.4) is 0 Å². The number of aromatic nitrogens is 1. The van der Waals surface area contributed by atoms with Crippen molar-refractivity contribution in [2.75, 3.05) is 6.61 Å². The molecular weight excluding hydrogens is 423 g/mol. The van der Waals surface area contributed by atoms with Crippen LogP contribution in [0.5, 0.6) is 5.75 Å². The molecule has 0 fully saturated rings. The van der Waals surface area contributed by atoms with Crippen LogP contribution in [-0.4, -0.2) is 22.7 Å². The van der Waals surface area contributed by atoms with Gasteiger partial charge in [0.1, 0.15) is 10.8 Å². The van der Waals surface area contributed by atoms with Gasteiger partial charge in [-0.25, -0.2) is 9.78 Å². The van der Waals surface area contributed by atoms with Crippen molar-refractivity contribution in [2.45, 2.75) is 29.1 Å². The number of carboxylic acid groups (broad SMARTS) is 1. The Bertz CT molecular complexity index is 1030. The molecule has 0 saturated carbocycles. The van der Waals surface area contributed by atoms with Crippen LogP contribution in [0.15, 0.2) is 51.6 Å². The van der Waals surface area contributed by atoms with E-state index in [2.05, 4.69) is 4.98 Å². The van der Waals surface area contributed by atoms with Crippen molar-refractivity contribution in [2.24, 2.45) is 0 Å². The number of alkyl halides is 3. The molecule has 0 aliphatic heterocycles. The number of aryl methyl sites for hydroxylation is 2. The van der Waals surface area contributed by atoms with E-state index in [4.69, 9.17) is 9.84 Å². The van der Waals surface area contributed by atoms with E-state index in [1.807, 2.05) is 26.0 Å². The van der Waals surface area contributed by atoms with Gasteiger partial charge in [0, 0.05) is 10.5 Å². The van der Waals surface area contributed by atoms with Crippen LogP contribution >= 0.6 is 23.1 Å². The minimum atomic E-state index is -4.36. The number of aliphatic carboxylic acids is 1. The zero-order chi connectivity index (χ0) is 21.2. The van der Waals surface area contributed by atoms with Crippen LogP contribution in [0.2, 0.25) is 0 Å². The number of carboxylic acids is 1. The van der Waals surface area contributed by atoms with Crippen LogP contribution in [-0.2, 0) is 11.0 Å². The maximum atomic E-state index is 12.7. The smallest absolute Gasteiger partial charge is 0.416 e. The van der Waals surface area contributed by atoms with Crippen LogP contribution < -0.4 is 4.74 Å². The number of nitrogens with zero attached hydrogens (tertiary/aromatic N) is 1. The maximum absolute atomic E-state index is 12.7. The molecule has 2 aromatic carbocycles. The second-order valence-corrected chi connectivity index (χ2v) is 8.52. The topological polar surface area (TPSA) is 59.4 Å². The molecule has 1 heterocycles. The Morgan fingerprint density at radius 3 is 2.45 bits per heavy atom. The lowest BCUT2D eigenvalue weighted by atomic mass is 10.1. The third-order valence-corrected chi connectivity index (χ3v) is 6.39. The summed E-state index contributed by atoms with van der Waals surface area (Å²) in [6.45, 7) is 3.27. The van der Waals surface area contributed by atoms with E-state index in [9.17, 15) is 18.0 Å². The Hall–Kier alpha value is -2.52. The van der Waals surface area contributed by atoms with Crippen molar-refractivity contribution in [1.82, 2.24) is 4.98 Å². The van der Waals surface area contributed by atoms with E-state index in [1.165, 1.54) is 35.2 Å². The van der Waals surface area contributed by atoms with Crippen molar-refractivity contribution >= 4 is 29.1 Å². The minimum absolute atomic E-state index is 0.405. The number of hydrogen-bond donors (Lipinski definition) is 1. The molecule has 1 N–H and O–H groups in total. The SMILES string of the molecule is Cc1cc(Sc2sc(-c3ccc(C(F)(F)F)cc3)nc2C)ccc1OCC(=O)O. The summed E-state index contributed by atoms with van der Waals surface area (Å²) in [7, 11) is 0. The van der Waals surface area contributed by atoms with Crippen molar-refractivity contribution in [3.63, 3.8) is 0 Å². The highest BCUT2D eigenvalue weighted by Gasteiger charge is 2.30. The zero-order valence-electron chi connectivity index (χ0n) is 15.4. The quantitative estimate of drug-likeness (QED) is 0.506. The third-order valence-electron chi connectivity index (χ3n) is 3.92. The fourth-order valence-electron chi connectivity index (χ4n) is 2.50. The van der Waals surface area contributed by atoms with E-state index in [-0.39, 0.29) is 0 Å². The van der Waals surface area contributed by atoms with Gasteiger partial charge in [-0.3, -0.25) is 0 Å². The molecule has 29 heavy (non-hydrogen) atoms. The molecule has 152 valence electrons. The molecule has 3 rings (SSSR count). The summed E-state index contributed by atoms with van der Waals surface area (Å²) >= 11 is 2.90. The Kier molecular flexibility index (Phi) is 6.18. The number of ether oxygens (including phenoxy) is 1. The fraction of sp³-hybridized carbons (Fsp3) is 0.200. The first-order valence-electron chi connectivity index (χ1n) is 8.41. The molecule has 0 aliphatic carbocycles. The normalized spacial score (nSPS) is 11.5. The van der Waals surface area contributed by atoms with Crippen molar-refractivity contribution in [1.29, 1.82) is 0 Å². The highest BCUT2D eigenvalue weighted by atomic mass is 32.2. The van der Waals surface area contributed by atoms with Crippen LogP contribution in [0.4, 0.5) is 13.2 Å². The highest BCUT2D eigenvalue weighted by molar-refractivity contribution is 8.01. The lowest BCUT2D eigenvalue weighted by molar-refractivity contribution is -0.139. The third kappa shape index (κ3) is 5.30. The highest BCUT2D eigenvalue weighted by Crippen LogP contribution is 2.40. The van der Waals surface area contributed by atoms with Gasteiger partial charge in [0.05, 0.1) is 15.5 Å². The molecule has 0 radical (unpaired) electrons. The van der Waals surface area contributed by atoms with Crippen molar-refractivity contribution < 1.29 is 27.8 Å². The number of carbonyl (C=O) groups is 1. The van der Waals surface area contributed by atoms with E-state index in [0.29, 0.717) is 16.3 Å². The summed E-state index contributed by atoms with van der Waals surface area (Å²) in [5.74, 6) is -0.540. The molecule has 0 saturated heterocycles. The van der Waals surface area contributed by atoms with Gasteiger partial charge in [-0.05, 0) is 49.7 Å². The largest absolute Gasteiger partial charge is 0.482 e. The predicted molar refractivity (Wildman–Crippen MR) is 106 cm³/mol. The Labute approximate surface area is 173 Å². The van der Waals surface area contributed by atoms with Gasteiger partial charge in [0.2, 0.25) is 0 Å². The second kappa shape index (κ2) is 8.46. The molecule has 0 unspecified atom stereocenters. The van der Waals surface area contributed by atoms with Gasteiger partial charge in [0.25, 0.3) is 0 Å². The summed E-state index contributed by atoms with van der Waals surface area (Å²) in [5, 5.41) is 9.36. The first-order chi connectivity index (χ1) is 13.6. The summed E-state index contributed by atoms with van der Waals surface area (Å²) in [4.78, 5) is 16.0. The monoisotopic (exact) mass is 439 g/mol. The van der Waals surface area contributed by atoms with E-state index in [1.54, 1.807) is 6.07 Å². The fourth-order valence-corrected chi connectivity index (χ4v) is 4.77. The van der Waals surface area contributed by atoms with Gasteiger partial charge >= 0.3 is 12.1 Å². The molecule has 0 bridgehead atoms. The van der Waals surface area contributed by atoms with Crippen LogP contribution in [0, 0.1) is 13.8 Å². The van der Waals surface area contributed by atoms with E-state index in [0.717, 1.165) is 32.5 Å². The first kappa shape index (κ1) is 21.2. The average molecular weight is 439 g/mol. The molecule has 0 amide bonds. The predicted octanol–water partition coefficient (Wildman–Crippen LogP) is 6.06. The molecule has 0 spiro atoms. The maximum Gasteiger partial charge on any atom is 0.416 e. The second-order valence-electron chi connectivity index (χ2n) is 6.18. The molecular formula is C20H16F3NO3S2. The first-order valence-corrected chi connectivity index (χ1v) is 10.0. The molecule has 1 aromatic heterocycles.